The van der Waals surface area contributed by atoms with Crippen molar-refractivity contribution in [2.45, 2.75) is 13.3 Å². The van der Waals surface area contributed by atoms with E-state index < -0.39 is 0 Å². The molecule has 0 fully saturated rings. The second kappa shape index (κ2) is 14.4. The summed E-state index contributed by atoms with van der Waals surface area (Å²) in [6.07, 6.45) is 4.43. The van der Waals surface area contributed by atoms with E-state index in [1.165, 1.54) is 0 Å². The molecular weight excluding hydrogens is 218 g/mol. The topological polar surface area (TPSA) is 107 Å². The van der Waals surface area contributed by atoms with Gasteiger partial charge in [-0.15, -0.1) is 0 Å². The fraction of sp³-hybridized carbons (Fsp3) is 0.231. The minimum Gasteiger partial charge on any atom is -0.508 e. The lowest BCUT2D eigenvalue weighted by Gasteiger charge is -1.93. The molecule has 0 radical (unpaired) electrons. The number of allylic oxidation sites excluding steroid dienone is 2. The summed E-state index contributed by atoms with van der Waals surface area (Å²) in [6.45, 7) is 5.67. The molecule has 0 heterocycles. The van der Waals surface area contributed by atoms with Crippen molar-refractivity contribution >= 4 is 0 Å². The Morgan fingerprint density at radius 3 is 2.00 bits per heavy atom. The van der Waals surface area contributed by atoms with Crippen molar-refractivity contribution in [1.82, 2.24) is 6.15 Å². The lowest BCUT2D eigenvalue weighted by molar-refractivity contribution is 0.328. The second-order valence-electron chi connectivity index (χ2n) is 2.91. The van der Waals surface area contributed by atoms with Gasteiger partial charge >= 0.3 is 0 Å². The summed E-state index contributed by atoms with van der Waals surface area (Å²) in [5.74, 6) is 0.322. The highest BCUT2D eigenvalue weighted by Crippen LogP contribution is 2.02. The van der Waals surface area contributed by atoms with E-state index in [-0.39, 0.29) is 18.2 Å². The van der Waals surface area contributed by atoms with Gasteiger partial charge in [-0.1, -0.05) is 43.9 Å². The normalized spacial score (nSPS) is 8.94. The quantitative estimate of drug-likeness (QED) is 0.706. The van der Waals surface area contributed by atoms with Crippen LogP contribution in [0.15, 0.2) is 54.6 Å². The first-order chi connectivity index (χ1) is 7.24. The largest absolute Gasteiger partial charge is 0.508 e. The number of rotatable bonds is 3. The smallest absolute Gasteiger partial charge is 0.115 e. The van der Waals surface area contributed by atoms with Crippen molar-refractivity contribution in [3.8, 4) is 5.75 Å². The molecule has 0 saturated heterocycles. The van der Waals surface area contributed by atoms with Crippen molar-refractivity contribution in [3.05, 3.63) is 54.6 Å². The Hall–Kier alpha value is -1.62. The second-order valence-corrected chi connectivity index (χ2v) is 2.91. The molecule has 0 unspecified atom stereocenters. The van der Waals surface area contributed by atoms with Crippen LogP contribution in [0.5, 0.6) is 5.75 Å². The van der Waals surface area contributed by atoms with Gasteiger partial charge in [-0.25, -0.2) is 0 Å². The molecule has 7 N–H and O–H groups in total. The van der Waals surface area contributed by atoms with Crippen molar-refractivity contribution in [3.63, 3.8) is 0 Å². The van der Waals surface area contributed by atoms with Gasteiger partial charge in [0, 0.05) is 0 Å². The molecule has 0 aliphatic rings. The maximum absolute atomic E-state index is 8.63. The Morgan fingerprint density at radius 1 is 1.29 bits per heavy atom. The molecule has 1 aromatic carbocycles. The van der Waals surface area contributed by atoms with Crippen LogP contribution in [0.3, 0.4) is 0 Å². The van der Waals surface area contributed by atoms with Crippen LogP contribution in [-0.2, 0) is 0 Å². The van der Waals surface area contributed by atoms with E-state index in [0.717, 1.165) is 12.0 Å². The number of hydrogen-bond acceptors (Lipinski definition) is 3. The standard InChI is InChI=1S/C7H12O.C6H6O.H3N.H2O/c1-3-5-7(4-2)6-8;7-6-4-2-1-3-5-6;;/h3,5,8H,1,4,6H2,2H3;1-5,7H;1H3;1H2/b7-5+;;;. The Morgan fingerprint density at radius 2 is 1.82 bits per heavy atom. The van der Waals surface area contributed by atoms with E-state index in [1.54, 1.807) is 30.3 Å². The molecule has 0 aliphatic carbocycles. The Labute approximate surface area is 103 Å². The first-order valence-electron chi connectivity index (χ1n) is 4.89. The Kier molecular flexibility index (Phi) is 17.6. The van der Waals surface area contributed by atoms with Crippen LogP contribution >= 0.6 is 0 Å². The molecular formula is C13H23NO3. The van der Waals surface area contributed by atoms with Gasteiger partial charge in [-0.2, -0.15) is 0 Å². The molecule has 1 aromatic rings. The summed E-state index contributed by atoms with van der Waals surface area (Å²) in [5, 5.41) is 17.2. The zero-order valence-corrected chi connectivity index (χ0v) is 10.3. The molecule has 4 nitrogen and oxygen atoms in total. The number of phenols is 1. The van der Waals surface area contributed by atoms with Crippen molar-refractivity contribution in [2.24, 2.45) is 0 Å². The third-order valence-electron chi connectivity index (χ3n) is 1.77. The summed E-state index contributed by atoms with van der Waals surface area (Å²) in [4.78, 5) is 0. The zero-order valence-electron chi connectivity index (χ0n) is 10.3. The van der Waals surface area contributed by atoms with E-state index >= 15 is 0 Å². The van der Waals surface area contributed by atoms with Crippen molar-refractivity contribution in [1.29, 1.82) is 0 Å². The van der Waals surface area contributed by atoms with Crippen LogP contribution in [0.25, 0.3) is 0 Å². The van der Waals surface area contributed by atoms with Crippen LogP contribution in [0.1, 0.15) is 13.3 Å². The number of aliphatic hydroxyl groups is 1. The monoisotopic (exact) mass is 241 g/mol. The van der Waals surface area contributed by atoms with Gasteiger partial charge in [-0.3, -0.25) is 0 Å². The lowest BCUT2D eigenvalue weighted by Crippen LogP contribution is -1.85. The van der Waals surface area contributed by atoms with E-state index in [0.29, 0.717) is 5.75 Å². The predicted octanol–water partition coefficient (Wildman–Crippen LogP) is 2.23. The molecule has 0 aliphatic heterocycles. The number of aliphatic hydroxyl groups excluding tert-OH is 1. The average Bonchev–Trinajstić information content (AvgIpc) is 2.28. The number of aromatic hydroxyl groups is 1. The van der Waals surface area contributed by atoms with Gasteiger partial charge < -0.3 is 21.8 Å². The predicted molar refractivity (Wildman–Crippen MR) is 72.4 cm³/mol. The molecule has 0 amide bonds. The van der Waals surface area contributed by atoms with Crippen LogP contribution in [0, 0.1) is 0 Å². The van der Waals surface area contributed by atoms with Crippen LogP contribution < -0.4 is 6.15 Å². The molecule has 0 atom stereocenters. The molecule has 0 bridgehead atoms. The molecule has 1 rings (SSSR count). The minimum absolute atomic E-state index is 0. The highest BCUT2D eigenvalue weighted by atomic mass is 16.3. The fourth-order valence-corrected chi connectivity index (χ4v) is 0.877. The van der Waals surface area contributed by atoms with Crippen LogP contribution in [-0.4, -0.2) is 22.3 Å². The average molecular weight is 241 g/mol. The zero-order chi connectivity index (χ0) is 11.5. The highest BCUT2D eigenvalue weighted by Gasteiger charge is 1.84. The number of hydrogen-bond donors (Lipinski definition) is 3. The fourth-order valence-electron chi connectivity index (χ4n) is 0.877. The molecule has 4 heteroatoms. The lowest BCUT2D eigenvalue weighted by atomic mass is 10.2. The van der Waals surface area contributed by atoms with E-state index in [4.69, 9.17) is 10.2 Å². The van der Waals surface area contributed by atoms with Gasteiger partial charge in [0.1, 0.15) is 5.75 Å². The van der Waals surface area contributed by atoms with E-state index in [1.807, 2.05) is 19.1 Å². The third kappa shape index (κ3) is 12.3. The summed E-state index contributed by atoms with van der Waals surface area (Å²) in [6, 6.07) is 8.71. The van der Waals surface area contributed by atoms with Crippen LogP contribution in [0.2, 0.25) is 0 Å². The maximum atomic E-state index is 8.63. The molecule has 0 aromatic heterocycles. The highest BCUT2D eigenvalue weighted by molar-refractivity contribution is 5.18. The molecule has 0 saturated carbocycles. The first kappa shape index (κ1) is 20.8. The molecule has 0 spiro atoms. The van der Waals surface area contributed by atoms with Gasteiger partial charge in [0.05, 0.1) is 6.61 Å². The molecule has 17 heavy (non-hydrogen) atoms. The van der Waals surface area contributed by atoms with Crippen molar-refractivity contribution in [2.75, 3.05) is 6.61 Å². The van der Waals surface area contributed by atoms with Gasteiger partial charge in [-0.05, 0) is 24.1 Å². The van der Waals surface area contributed by atoms with E-state index in [9.17, 15) is 0 Å². The third-order valence-corrected chi connectivity index (χ3v) is 1.77. The summed E-state index contributed by atoms with van der Waals surface area (Å²) in [5.41, 5.74) is 1.03. The van der Waals surface area contributed by atoms with Crippen molar-refractivity contribution < 1.29 is 15.7 Å². The summed E-state index contributed by atoms with van der Waals surface area (Å²) in [7, 11) is 0. The molecule has 98 valence electrons. The van der Waals surface area contributed by atoms with Crippen LogP contribution in [0.4, 0.5) is 0 Å². The number of para-hydroxylation sites is 1. The van der Waals surface area contributed by atoms with Gasteiger partial charge in [0.2, 0.25) is 0 Å². The maximum Gasteiger partial charge on any atom is 0.115 e. The number of benzene rings is 1. The number of phenolic OH excluding ortho intramolecular Hbond substituents is 1. The van der Waals surface area contributed by atoms with Gasteiger partial charge in [0.25, 0.3) is 0 Å². The first-order valence-corrected chi connectivity index (χ1v) is 4.89. The summed E-state index contributed by atoms with van der Waals surface area (Å²) < 4.78 is 0. The SMILES string of the molecule is C=C/C=C(\CC)CO.N.O.Oc1ccccc1. The summed E-state index contributed by atoms with van der Waals surface area (Å²) >= 11 is 0. The van der Waals surface area contributed by atoms with Gasteiger partial charge in [0.15, 0.2) is 0 Å². The minimum atomic E-state index is 0. The van der Waals surface area contributed by atoms with E-state index in [2.05, 4.69) is 6.58 Å². The Bertz CT molecular complexity index is 291. The Balaban J connectivity index is -0.000000207.